The van der Waals surface area contributed by atoms with E-state index in [-0.39, 0.29) is 10.6 Å². The maximum atomic E-state index is 11.1. The maximum Gasteiger partial charge on any atom is 0.275 e. The molecule has 0 amide bonds. The second kappa shape index (κ2) is 5.91. The van der Waals surface area contributed by atoms with Crippen molar-refractivity contribution in [3.63, 3.8) is 0 Å². The van der Waals surface area contributed by atoms with Crippen LogP contribution in [0.15, 0.2) is 24.3 Å². The molecule has 0 fully saturated rings. The molecule has 0 unspecified atom stereocenters. The predicted molar refractivity (Wildman–Crippen MR) is 84.7 cm³/mol. The summed E-state index contributed by atoms with van der Waals surface area (Å²) in [5.74, 6) is 0.527. The molecule has 2 rings (SSSR count). The van der Waals surface area contributed by atoms with Gasteiger partial charge in [-0.25, -0.2) is 4.98 Å². The fraction of sp³-hybridized carbons (Fsp3) is 0.312. The summed E-state index contributed by atoms with van der Waals surface area (Å²) in [7, 11) is 0. The molecular formula is C16H19N3O2. The molecule has 0 aliphatic rings. The van der Waals surface area contributed by atoms with Crippen molar-refractivity contribution in [3.8, 4) is 11.3 Å². The Morgan fingerprint density at radius 3 is 2.38 bits per heavy atom. The Bertz CT molecular complexity index is 696. The summed E-state index contributed by atoms with van der Waals surface area (Å²) in [6, 6.07) is 7.10. The number of rotatable bonds is 4. The quantitative estimate of drug-likeness (QED) is 0.680. The maximum absolute atomic E-state index is 11.1. The van der Waals surface area contributed by atoms with E-state index in [1.54, 1.807) is 0 Å². The molecule has 21 heavy (non-hydrogen) atoms. The highest BCUT2D eigenvalue weighted by atomic mass is 16.6. The first-order valence-electron chi connectivity index (χ1n) is 6.91. The third kappa shape index (κ3) is 3.18. The van der Waals surface area contributed by atoms with Crippen molar-refractivity contribution in [2.24, 2.45) is 0 Å². The van der Waals surface area contributed by atoms with Gasteiger partial charge in [-0.05, 0) is 50.5 Å². The predicted octanol–water partition coefficient (Wildman–Crippen LogP) is 4.01. The number of anilines is 1. The highest BCUT2D eigenvalue weighted by molar-refractivity contribution is 5.69. The van der Waals surface area contributed by atoms with Crippen LogP contribution in [-0.2, 0) is 0 Å². The number of nitrogens with one attached hydrogen (secondary N) is 1. The molecule has 0 atom stereocenters. The molecule has 5 heteroatoms. The monoisotopic (exact) mass is 285 g/mol. The lowest BCUT2D eigenvalue weighted by molar-refractivity contribution is -0.384. The summed E-state index contributed by atoms with van der Waals surface area (Å²) in [6.45, 7) is 8.67. The summed E-state index contributed by atoms with van der Waals surface area (Å²) in [5.41, 5.74) is 5.02. The van der Waals surface area contributed by atoms with Crippen LogP contribution in [0.1, 0.15) is 23.6 Å². The van der Waals surface area contributed by atoms with Gasteiger partial charge in [0.2, 0.25) is 0 Å². The lowest BCUT2D eigenvalue weighted by atomic mass is 9.98. The summed E-state index contributed by atoms with van der Waals surface area (Å²) in [5, 5.41) is 14.1. The van der Waals surface area contributed by atoms with Crippen LogP contribution in [0.3, 0.4) is 0 Å². The largest absolute Gasteiger partial charge is 0.370 e. The van der Waals surface area contributed by atoms with E-state index in [9.17, 15) is 10.1 Å². The van der Waals surface area contributed by atoms with E-state index < -0.39 is 0 Å². The first-order chi connectivity index (χ1) is 9.92. The molecule has 1 heterocycles. The third-order valence-corrected chi connectivity index (χ3v) is 3.50. The first-order valence-corrected chi connectivity index (χ1v) is 6.91. The molecule has 2 aromatic rings. The number of nitrogens with zero attached hydrogens (tertiary/aromatic N) is 2. The fourth-order valence-electron chi connectivity index (χ4n) is 2.27. The van der Waals surface area contributed by atoms with Gasteiger partial charge in [0, 0.05) is 18.2 Å². The van der Waals surface area contributed by atoms with Crippen molar-refractivity contribution in [3.05, 3.63) is 51.1 Å². The van der Waals surface area contributed by atoms with Gasteiger partial charge in [0.15, 0.2) is 0 Å². The number of pyridine rings is 1. The van der Waals surface area contributed by atoms with Crippen LogP contribution in [0.4, 0.5) is 11.5 Å². The zero-order valence-corrected chi connectivity index (χ0v) is 12.7. The standard InChI is InChI=1S/C16H19N3O2/c1-5-17-16-9-13(19(20)21)8-15(18-16)14-7-11(3)10(2)6-12(14)4/h6-9H,5H2,1-4H3,(H,17,18). The molecule has 1 aromatic heterocycles. The van der Waals surface area contributed by atoms with E-state index in [0.717, 1.165) is 16.7 Å². The molecule has 0 aliphatic heterocycles. The summed E-state index contributed by atoms with van der Waals surface area (Å²) in [6.07, 6.45) is 0. The number of hydrogen-bond donors (Lipinski definition) is 1. The Morgan fingerprint density at radius 2 is 1.76 bits per heavy atom. The van der Waals surface area contributed by atoms with Gasteiger partial charge in [0.1, 0.15) is 5.82 Å². The molecule has 1 N–H and O–H groups in total. The molecule has 5 nitrogen and oxygen atoms in total. The Morgan fingerprint density at radius 1 is 1.10 bits per heavy atom. The van der Waals surface area contributed by atoms with Crippen LogP contribution in [-0.4, -0.2) is 16.5 Å². The zero-order valence-electron chi connectivity index (χ0n) is 12.7. The highest BCUT2D eigenvalue weighted by Gasteiger charge is 2.14. The van der Waals surface area contributed by atoms with Crippen molar-refractivity contribution in [2.45, 2.75) is 27.7 Å². The minimum atomic E-state index is -0.387. The van der Waals surface area contributed by atoms with Crippen LogP contribution >= 0.6 is 0 Å². The van der Waals surface area contributed by atoms with Crippen molar-refractivity contribution in [1.82, 2.24) is 4.98 Å². The van der Waals surface area contributed by atoms with E-state index in [0.29, 0.717) is 18.1 Å². The molecular weight excluding hydrogens is 266 g/mol. The first kappa shape index (κ1) is 15.0. The zero-order chi connectivity index (χ0) is 15.6. The summed E-state index contributed by atoms with van der Waals surface area (Å²) < 4.78 is 0. The van der Waals surface area contributed by atoms with Crippen LogP contribution in [0, 0.1) is 30.9 Å². The SMILES string of the molecule is CCNc1cc([N+](=O)[O-])cc(-c2cc(C)c(C)cc2C)n1. The second-order valence-electron chi connectivity index (χ2n) is 5.13. The van der Waals surface area contributed by atoms with Gasteiger partial charge in [-0.1, -0.05) is 6.07 Å². The average molecular weight is 285 g/mol. The lowest BCUT2D eigenvalue weighted by Gasteiger charge is -2.11. The Kier molecular flexibility index (Phi) is 4.21. The highest BCUT2D eigenvalue weighted by Crippen LogP contribution is 2.29. The van der Waals surface area contributed by atoms with Crippen molar-refractivity contribution in [1.29, 1.82) is 0 Å². The minimum Gasteiger partial charge on any atom is -0.370 e. The van der Waals surface area contributed by atoms with Crippen LogP contribution in [0.2, 0.25) is 0 Å². The molecule has 0 spiro atoms. The molecule has 0 aliphatic carbocycles. The minimum absolute atomic E-state index is 0.0496. The van der Waals surface area contributed by atoms with Gasteiger partial charge in [0.05, 0.1) is 16.7 Å². The second-order valence-corrected chi connectivity index (χ2v) is 5.13. The molecule has 0 saturated heterocycles. The average Bonchev–Trinajstić information content (AvgIpc) is 2.42. The number of aromatic nitrogens is 1. The van der Waals surface area contributed by atoms with E-state index >= 15 is 0 Å². The van der Waals surface area contributed by atoms with Crippen LogP contribution < -0.4 is 5.32 Å². The number of nitro groups is 1. The smallest absolute Gasteiger partial charge is 0.275 e. The van der Waals surface area contributed by atoms with Crippen LogP contribution in [0.5, 0.6) is 0 Å². The topological polar surface area (TPSA) is 68.1 Å². The lowest BCUT2D eigenvalue weighted by Crippen LogP contribution is -2.02. The molecule has 0 radical (unpaired) electrons. The third-order valence-electron chi connectivity index (χ3n) is 3.50. The van der Waals surface area contributed by atoms with Gasteiger partial charge in [-0.3, -0.25) is 10.1 Å². The van der Waals surface area contributed by atoms with Gasteiger partial charge in [-0.2, -0.15) is 0 Å². The molecule has 0 bridgehead atoms. The van der Waals surface area contributed by atoms with Gasteiger partial charge in [0.25, 0.3) is 5.69 Å². The van der Waals surface area contributed by atoms with E-state index in [1.165, 1.54) is 17.7 Å². The van der Waals surface area contributed by atoms with E-state index in [2.05, 4.69) is 23.3 Å². The van der Waals surface area contributed by atoms with E-state index in [4.69, 9.17) is 0 Å². The normalized spacial score (nSPS) is 10.5. The Labute approximate surface area is 124 Å². The van der Waals surface area contributed by atoms with Crippen molar-refractivity contribution < 1.29 is 4.92 Å². The van der Waals surface area contributed by atoms with Crippen LogP contribution in [0.25, 0.3) is 11.3 Å². The Hall–Kier alpha value is -2.43. The number of aryl methyl sites for hydroxylation is 3. The Balaban J connectivity index is 2.62. The van der Waals surface area contributed by atoms with E-state index in [1.807, 2.05) is 26.8 Å². The summed E-state index contributed by atoms with van der Waals surface area (Å²) in [4.78, 5) is 15.2. The number of benzene rings is 1. The fourth-order valence-corrected chi connectivity index (χ4v) is 2.27. The van der Waals surface area contributed by atoms with Gasteiger partial charge >= 0.3 is 0 Å². The molecule has 1 aromatic carbocycles. The molecule has 110 valence electrons. The van der Waals surface area contributed by atoms with Crippen molar-refractivity contribution >= 4 is 11.5 Å². The van der Waals surface area contributed by atoms with Gasteiger partial charge < -0.3 is 5.32 Å². The summed E-state index contributed by atoms with van der Waals surface area (Å²) >= 11 is 0. The molecule has 0 saturated carbocycles. The number of hydrogen-bond acceptors (Lipinski definition) is 4. The van der Waals surface area contributed by atoms with Crippen molar-refractivity contribution in [2.75, 3.05) is 11.9 Å². The van der Waals surface area contributed by atoms with Gasteiger partial charge in [-0.15, -0.1) is 0 Å².